The molecule has 1 heterocycles. The average Bonchev–Trinajstić information content (AvgIpc) is 2.56. The van der Waals surface area contributed by atoms with E-state index in [0.29, 0.717) is 0 Å². The highest BCUT2D eigenvalue weighted by molar-refractivity contribution is 7.91. The second-order valence-corrected chi connectivity index (χ2v) is 8.49. The SMILES string of the molecule is CC(CS(C)(=O)=O)NS(=O)(=O)c1cc(C(=O)O)n(C)c1. The molecule has 20 heavy (non-hydrogen) atoms. The Balaban J connectivity index is 3.00. The fraction of sp³-hybridized carbons (Fsp3) is 0.500. The van der Waals surface area contributed by atoms with E-state index < -0.39 is 31.9 Å². The van der Waals surface area contributed by atoms with E-state index in [4.69, 9.17) is 5.11 Å². The maximum Gasteiger partial charge on any atom is 0.352 e. The Hall–Kier alpha value is -1.39. The van der Waals surface area contributed by atoms with E-state index in [2.05, 4.69) is 4.72 Å². The number of aromatic carboxylic acids is 1. The van der Waals surface area contributed by atoms with Crippen molar-refractivity contribution in [3.63, 3.8) is 0 Å². The minimum atomic E-state index is -3.97. The van der Waals surface area contributed by atoms with E-state index in [9.17, 15) is 21.6 Å². The molecular weight excluding hydrogens is 308 g/mol. The number of rotatable bonds is 6. The molecule has 2 N–H and O–H groups in total. The lowest BCUT2D eigenvalue weighted by Crippen LogP contribution is -2.37. The van der Waals surface area contributed by atoms with Crippen molar-refractivity contribution in [2.45, 2.75) is 17.9 Å². The Morgan fingerprint density at radius 2 is 1.95 bits per heavy atom. The molecule has 0 aliphatic carbocycles. The van der Waals surface area contributed by atoms with Crippen LogP contribution < -0.4 is 4.72 Å². The van der Waals surface area contributed by atoms with Crippen LogP contribution in [0.2, 0.25) is 0 Å². The van der Waals surface area contributed by atoms with Crippen molar-refractivity contribution in [2.75, 3.05) is 12.0 Å². The molecule has 0 bridgehead atoms. The largest absolute Gasteiger partial charge is 0.477 e. The number of nitrogens with zero attached hydrogens (tertiary/aromatic N) is 1. The van der Waals surface area contributed by atoms with Gasteiger partial charge in [0.2, 0.25) is 10.0 Å². The highest BCUT2D eigenvalue weighted by Crippen LogP contribution is 2.14. The van der Waals surface area contributed by atoms with Crippen LogP contribution in [-0.2, 0) is 26.9 Å². The smallest absolute Gasteiger partial charge is 0.352 e. The van der Waals surface area contributed by atoms with Gasteiger partial charge in [-0.2, -0.15) is 0 Å². The van der Waals surface area contributed by atoms with E-state index in [1.54, 1.807) is 0 Å². The van der Waals surface area contributed by atoms with Gasteiger partial charge in [0.1, 0.15) is 20.4 Å². The lowest BCUT2D eigenvalue weighted by molar-refractivity contribution is 0.0686. The molecule has 0 fully saturated rings. The van der Waals surface area contributed by atoms with Crippen molar-refractivity contribution in [1.82, 2.24) is 9.29 Å². The first kappa shape index (κ1) is 16.7. The second kappa shape index (κ2) is 5.54. The predicted octanol–water partition coefficient (Wildman–Crippen LogP) is -0.565. The first-order chi connectivity index (χ1) is 8.92. The summed E-state index contributed by atoms with van der Waals surface area (Å²) >= 11 is 0. The Kier molecular flexibility index (Phi) is 4.62. The summed E-state index contributed by atoms with van der Waals surface area (Å²) in [5.74, 6) is -1.59. The molecule has 0 aliphatic heterocycles. The molecule has 1 atom stereocenters. The first-order valence-electron chi connectivity index (χ1n) is 5.52. The van der Waals surface area contributed by atoms with Gasteiger partial charge in [0.15, 0.2) is 0 Å². The molecule has 0 aliphatic rings. The Bertz CT molecular complexity index is 717. The lowest BCUT2D eigenvalue weighted by atomic mass is 10.4. The summed E-state index contributed by atoms with van der Waals surface area (Å²) in [6.45, 7) is 1.42. The molecule has 0 radical (unpaired) electrons. The van der Waals surface area contributed by atoms with Crippen LogP contribution in [0.15, 0.2) is 17.2 Å². The van der Waals surface area contributed by atoms with Crippen LogP contribution in [0.3, 0.4) is 0 Å². The Morgan fingerprint density at radius 3 is 2.35 bits per heavy atom. The van der Waals surface area contributed by atoms with Crippen molar-refractivity contribution in [2.24, 2.45) is 7.05 Å². The number of sulfone groups is 1. The van der Waals surface area contributed by atoms with Crippen molar-refractivity contribution in [3.05, 3.63) is 18.0 Å². The van der Waals surface area contributed by atoms with Gasteiger partial charge >= 0.3 is 5.97 Å². The predicted molar refractivity (Wildman–Crippen MR) is 71.9 cm³/mol. The van der Waals surface area contributed by atoms with Crippen LogP contribution in [0, 0.1) is 0 Å². The topological polar surface area (TPSA) is 123 Å². The fourth-order valence-corrected chi connectivity index (χ4v) is 4.12. The van der Waals surface area contributed by atoms with E-state index in [0.717, 1.165) is 23.1 Å². The van der Waals surface area contributed by atoms with Crippen LogP contribution >= 0.6 is 0 Å². The summed E-state index contributed by atoms with van der Waals surface area (Å²) in [4.78, 5) is 10.6. The molecule has 114 valence electrons. The summed E-state index contributed by atoms with van der Waals surface area (Å²) < 4.78 is 49.6. The first-order valence-corrected chi connectivity index (χ1v) is 9.06. The molecule has 1 unspecified atom stereocenters. The molecule has 0 spiro atoms. The second-order valence-electron chi connectivity index (χ2n) is 4.59. The van der Waals surface area contributed by atoms with E-state index >= 15 is 0 Å². The zero-order valence-electron chi connectivity index (χ0n) is 11.2. The highest BCUT2D eigenvalue weighted by atomic mass is 32.2. The minimum absolute atomic E-state index is 0.179. The molecule has 1 rings (SSSR count). The number of nitrogens with one attached hydrogen (secondary N) is 1. The molecule has 0 amide bonds. The van der Waals surface area contributed by atoms with Gasteiger partial charge in [0.25, 0.3) is 0 Å². The fourth-order valence-electron chi connectivity index (χ4n) is 1.71. The summed E-state index contributed by atoms with van der Waals surface area (Å²) in [6, 6.07) is 0.196. The van der Waals surface area contributed by atoms with Crippen LogP contribution in [0.1, 0.15) is 17.4 Å². The van der Waals surface area contributed by atoms with Crippen LogP contribution in [0.5, 0.6) is 0 Å². The number of hydrogen-bond donors (Lipinski definition) is 2. The monoisotopic (exact) mass is 324 g/mol. The lowest BCUT2D eigenvalue weighted by Gasteiger charge is -2.12. The zero-order valence-corrected chi connectivity index (χ0v) is 12.8. The molecule has 10 heteroatoms. The molecule has 1 aromatic heterocycles. The van der Waals surface area contributed by atoms with Crippen LogP contribution in [-0.4, -0.2) is 50.5 Å². The number of carboxylic acids is 1. The maximum absolute atomic E-state index is 12.0. The van der Waals surface area contributed by atoms with Crippen LogP contribution in [0.4, 0.5) is 0 Å². The Morgan fingerprint density at radius 1 is 1.40 bits per heavy atom. The van der Waals surface area contributed by atoms with Gasteiger partial charge in [-0.05, 0) is 13.0 Å². The van der Waals surface area contributed by atoms with E-state index in [-0.39, 0.29) is 16.3 Å². The van der Waals surface area contributed by atoms with Crippen molar-refractivity contribution in [1.29, 1.82) is 0 Å². The quantitative estimate of drug-likeness (QED) is 0.723. The number of aryl methyl sites for hydroxylation is 1. The van der Waals surface area contributed by atoms with Gasteiger partial charge in [-0.3, -0.25) is 0 Å². The van der Waals surface area contributed by atoms with Gasteiger partial charge in [-0.25, -0.2) is 26.4 Å². The number of hydrogen-bond acceptors (Lipinski definition) is 5. The summed E-state index contributed by atoms with van der Waals surface area (Å²) in [6.07, 6.45) is 2.15. The van der Waals surface area contributed by atoms with Gasteiger partial charge in [-0.1, -0.05) is 0 Å². The number of sulfonamides is 1. The van der Waals surface area contributed by atoms with Crippen molar-refractivity contribution >= 4 is 25.8 Å². The van der Waals surface area contributed by atoms with E-state index in [1.807, 2.05) is 0 Å². The maximum atomic E-state index is 12.0. The molecule has 0 saturated carbocycles. The Labute approximate surface area is 117 Å². The number of carboxylic acid groups (broad SMARTS) is 1. The number of carbonyl (C=O) groups is 1. The number of aromatic nitrogens is 1. The van der Waals surface area contributed by atoms with Gasteiger partial charge in [0, 0.05) is 25.5 Å². The average molecular weight is 324 g/mol. The molecule has 8 nitrogen and oxygen atoms in total. The summed E-state index contributed by atoms with van der Waals surface area (Å²) in [7, 11) is -5.88. The summed E-state index contributed by atoms with van der Waals surface area (Å²) in [5.41, 5.74) is -0.179. The van der Waals surface area contributed by atoms with Crippen molar-refractivity contribution < 1.29 is 26.7 Å². The third kappa shape index (κ3) is 4.32. The van der Waals surface area contributed by atoms with Gasteiger partial charge in [-0.15, -0.1) is 0 Å². The summed E-state index contributed by atoms with van der Waals surface area (Å²) in [5, 5.41) is 8.86. The minimum Gasteiger partial charge on any atom is -0.477 e. The molecule has 1 aromatic rings. The van der Waals surface area contributed by atoms with Gasteiger partial charge in [0.05, 0.1) is 5.75 Å². The van der Waals surface area contributed by atoms with E-state index in [1.165, 1.54) is 14.0 Å². The highest BCUT2D eigenvalue weighted by Gasteiger charge is 2.23. The van der Waals surface area contributed by atoms with Gasteiger partial charge < -0.3 is 9.67 Å². The molecular formula is C10H16N2O6S2. The normalized spacial score (nSPS) is 14.2. The standard InChI is InChI=1S/C10H16N2O6S2/c1-7(6-19(3,15)16)11-20(17,18)8-4-9(10(13)14)12(2)5-8/h4-5,7,11H,6H2,1-3H3,(H,13,14). The van der Waals surface area contributed by atoms with Crippen molar-refractivity contribution in [3.8, 4) is 0 Å². The third-order valence-electron chi connectivity index (χ3n) is 2.42. The molecule has 0 saturated heterocycles. The van der Waals surface area contributed by atoms with Crippen LogP contribution in [0.25, 0.3) is 0 Å². The third-order valence-corrected chi connectivity index (χ3v) is 5.08. The zero-order chi connectivity index (χ0) is 15.7. The molecule has 0 aromatic carbocycles.